The Morgan fingerprint density at radius 2 is 1.43 bits per heavy atom. The summed E-state index contributed by atoms with van der Waals surface area (Å²) in [6.07, 6.45) is 7.22. The molecule has 0 atom stereocenters. The Morgan fingerprint density at radius 3 is 2.14 bits per heavy atom. The first-order valence-corrected chi connectivity index (χ1v) is 11.0. The van der Waals surface area contributed by atoms with Gasteiger partial charge in [-0.25, -0.2) is 4.98 Å². The van der Waals surface area contributed by atoms with Crippen LogP contribution in [0.25, 0.3) is 11.0 Å². The van der Waals surface area contributed by atoms with E-state index in [1.165, 1.54) is 68.6 Å². The van der Waals surface area contributed by atoms with Crippen molar-refractivity contribution < 1.29 is 0 Å². The summed E-state index contributed by atoms with van der Waals surface area (Å²) < 4.78 is 2.44. The molecule has 0 N–H and O–H groups in total. The van der Waals surface area contributed by atoms with Crippen molar-refractivity contribution >= 4 is 11.0 Å². The van der Waals surface area contributed by atoms with Crippen LogP contribution < -0.4 is 0 Å². The maximum absolute atomic E-state index is 4.95. The quantitative estimate of drug-likeness (QED) is 0.391. The number of nitrogens with zero attached hydrogens (tertiary/aromatic N) is 3. The zero-order chi connectivity index (χ0) is 19.6. The minimum absolute atomic E-state index is 0.894. The number of imidazole rings is 1. The molecule has 0 unspecified atom stereocenters. The van der Waals surface area contributed by atoms with Crippen LogP contribution in [0.1, 0.15) is 57.3 Å². The lowest BCUT2D eigenvalue weighted by atomic mass is 10.1. The lowest BCUT2D eigenvalue weighted by molar-refractivity contribution is 0.257. The number of hydrogen-bond donors (Lipinski definition) is 0. The zero-order valence-electron chi connectivity index (χ0n) is 17.6. The predicted molar refractivity (Wildman–Crippen MR) is 120 cm³/mol. The lowest BCUT2D eigenvalue weighted by Gasteiger charge is -2.22. The van der Waals surface area contributed by atoms with Crippen LogP contribution in [0.2, 0.25) is 0 Å². The third-order valence-corrected chi connectivity index (χ3v) is 5.45. The van der Waals surface area contributed by atoms with E-state index in [-0.39, 0.29) is 0 Å². The van der Waals surface area contributed by atoms with Crippen molar-refractivity contribution in [3.63, 3.8) is 0 Å². The van der Waals surface area contributed by atoms with E-state index in [2.05, 4.69) is 77.9 Å². The average molecular weight is 378 g/mol. The topological polar surface area (TPSA) is 21.1 Å². The van der Waals surface area contributed by atoms with Gasteiger partial charge in [0.15, 0.2) is 0 Å². The van der Waals surface area contributed by atoms with Crippen LogP contribution in [-0.4, -0.2) is 34.1 Å². The highest BCUT2D eigenvalue weighted by atomic mass is 15.1. The molecule has 150 valence electrons. The van der Waals surface area contributed by atoms with Crippen LogP contribution in [-0.2, 0) is 13.0 Å². The smallest absolute Gasteiger partial charge is 0.114 e. The molecule has 2 aromatic carbocycles. The second kappa shape index (κ2) is 11.0. The number of rotatable bonds is 12. The highest BCUT2D eigenvalue weighted by Crippen LogP contribution is 2.19. The molecule has 0 radical (unpaired) electrons. The van der Waals surface area contributed by atoms with Gasteiger partial charge in [0.2, 0.25) is 0 Å². The number of fused-ring (bicyclic) bond motifs is 1. The summed E-state index contributed by atoms with van der Waals surface area (Å²) in [6, 6.07) is 19.3. The maximum Gasteiger partial charge on any atom is 0.114 e. The van der Waals surface area contributed by atoms with E-state index in [4.69, 9.17) is 4.98 Å². The van der Waals surface area contributed by atoms with E-state index in [9.17, 15) is 0 Å². The Morgan fingerprint density at radius 1 is 0.786 bits per heavy atom. The number of para-hydroxylation sites is 2. The molecule has 28 heavy (non-hydrogen) atoms. The summed E-state index contributed by atoms with van der Waals surface area (Å²) in [5.41, 5.74) is 3.70. The lowest BCUT2D eigenvalue weighted by Crippen LogP contribution is -2.28. The number of aryl methyl sites for hydroxylation is 1. The molecule has 0 fully saturated rings. The molecule has 0 aliphatic heterocycles. The van der Waals surface area contributed by atoms with Gasteiger partial charge in [0.05, 0.1) is 11.0 Å². The molecule has 0 bridgehead atoms. The van der Waals surface area contributed by atoms with E-state index in [0.717, 1.165) is 18.5 Å². The van der Waals surface area contributed by atoms with E-state index in [0.29, 0.717) is 0 Å². The largest absolute Gasteiger partial charge is 0.328 e. The summed E-state index contributed by atoms with van der Waals surface area (Å²) >= 11 is 0. The first-order valence-electron chi connectivity index (χ1n) is 11.0. The molecule has 3 nitrogen and oxygen atoms in total. The standard InChI is InChI=1S/C25H35N3/c1-3-5-17-27(18-6-4-2)19-12-20-28-24-16-11-10-15-23(24)26-25(28)21-22-13-8-7-9-14-22/h7-11,13-16H,3-6,12,17-21H2,1-2H3. The van der Waals surface area contributed by atoms with Crippen LogP contribution in [0.15, 0.2) is 54.6 Å². The Balaban J connectivity index is 1.71. The summed E-state index contributed by atoms with van der Waals surface area (Å²) in [6.45, 7) is 9.25. The molecule has 0 aliphatic rings. The van der Waals surface area contributed by atoms with Gasteiger partial charge in [0.1, 0.15) is 5.82 Å². The van der Waals surface area contributed by atoms with Crippen molar-refractivity contribution in [1.82, 2.24) is 14.5 Å². The fourth-order valence-corrected chi connectivity index (χ4v) is 3.84. The van der Waals surface area contributed by atoms with E-state index >= 15 is 0 Å². The van der Waals surface area contributed by atoms with Crippen LogP contribution >= 0.6 is 0 Å². The van der Waals surface area contributed by atoms with Crippen molar-refractivity contribution in [2.24, 2.45) is 0 Å². The van der Waals surface area contributed by atoms with Crippen molar-refractivity contribution in [2.75, 3.05) is 19.6 Å². The molecule has 0 saturated heterocycles. The molecular weight excluding hydrogens is 342 g/mol. The third kappa shape index (κ3) is 5.68. The molecule has 0 aliphatic carbocycles. The zero-order valence-corrected chi connectivity index (χ0v) is 17.6. The number of aromatic nitrogens is 2. The normalized spacial score (nSPS) is 11.5. The van der Waals surface area contributed by atoms with E-state index in [1.54, 1.807) is 0 Å². The molecule has 3 heteroatoms. The summed E-state index contributed by atoms with van der Waals surface area (Å²) in [5.74, 6) is 1.18. The van der Waals surface area contributed by atoms with Crippen molar-refractivity contribution in [1.29, 1.82) is 0 Å². The molecule has 0 spiro atoms. The van der Waals surface area contributed by atoms with Crippen LogP contribution in [0, 0.1) is 0 Å². The van der Waals surface area contributed by atoms with Gasteiger partial charge >= 0.3 is 0 Å². The Kier molecular flexibility index (Phi) is 8.10. The monoisotopic (exact) mass is 377 g/mol. The fourth-order valence-electron chi connectivity index (χ4n) is 3.84. The average Bonchev–Trinajstić information content (AvgIpc) is 3.07. The van der Waals surface area contributed by atoms with Crippen LogP contribution in [0.5, 0.6) is 0 Å². The molecule has 1 aromatic heterocycles. The van der Waals surface area contributed by atoms with Gasteiger partial charge in [-0.3, -0.25) is 0 Å². The Bertz CT molecular complexity index is 814. The number of unbranched alkanes of at least 4 members (excludes halogenated alkanes) is 2. The molecule has 1 heterocycles. The molecular formula is C25H35N3. The summed E-state index contributed by atoms with van der Waals surface area (Å²) in [5, 5.41) is 0. The molecule has 0 saturated carbocycles. The SMILES string of the molecule is CCCCN(CCCC)CCCn1c(Cc2ccccc2)nc2ccccc21. The number of hydrogen-bond acceptors (Lipinski definition) is 2. The Labute approximate surface area is 170 Å². The molecule has 3 rings (SSSR count). The van der Waals surface area contributed by atoms with Crippen LogP contribution in [0.4, 0.5) is 0 Å². The summed E-state index contributed by atoms with van der Waals surface area (Å²) in [7, 11) is 0. The minimum atomic E-state index is 0.894. The van der Waals surface area contributed by atoms with Gasteiger partial charge in [-0.15, -0.1) is 0 Å². The van der Waals surface area contributed by atoms with Crippen LogP contribution in [0.3, 0.4) is 0 Å². The second-order valence-electron chi connectivity index (χ2n) is 7.73. The first kappa shape index (κ1) is 20.6. The maximum atomic E-state index is 4.95. The fraction of sp³-hybridized carbons (Fsp3) is 0.480. The van der Waals surface area contributed by atoms with Gasteiger partial charge in [-0.2, -0.15) is 0 Å². The summed E-state index contributed by atoms with van der Waals surface area (Å²) in [4.78, 5) is 7.61. The Hall–Kier alpha value is -2.13. The highest BCUT2D eigenvalue weighted by Gasteiger charge is 2.12. The van der Waals surface area contributed by atoms with E-state index in [1.807, 2.05) is 0 Å². The third-order valence-electron chi connectivity index (χ3n) is 5.45. The molecule has 0 amide bonds. The predicted octanol–water partition coefficient (Wildman–Crippen LogP) is 5.92. The highest BCUT2D eigenvalue weighted by molar-refractivity contribution is 5.76. The molecule has 3 aromatic rings. The minimum Gasteiger partial charge on any atom is -0.328 e. The van der Waals surface area contributed by atoms with Crippen molar-refractivity contribution in [2.45, 2.75) is 58.9 Å². The first-order chi connectivity index (χ1) is 13.8. The van der Waals surface area contributed by atoms with Gasteiger partial charge in [0, 0.05) is 13.0 Å². The van der Waals surface area contributed by atoms with Gasteiger partial charge < -0.3 is 9.47 Å². The van der Waals surface area contributed by atoms with E-state index < -0.39 is 0 Å². The second-order valence-corrected chi connectivity index (χ2v) is 7.73. The van der Waals surface area contributed by atoms with Crippen molar-refractivity contribution in [3.05, 3.63) is 66.0 Å². The van der Waals surface area contributed by atoms with Crippen molar-refractivity contribution in [3.8, 4) is 0 Å². The number of benzene rings is 2. The van der Waals surface area contributed by atoms with Gasteiger partial charge in [0.25, 0.3) is 0 Å². The van der Waals surface area contributed by atoms with Gasteiger partial charge in [-0.05, 0) is 56.6 Å². The van der Waals surface area contributed by atoms with Gasteiger partial charge in [-0.1, -0.05) is 69.2 Å².